The van der Waals surface area contributed by atoms with Crippen molar-refractivity contribution in [1.29, 1.82) is 0 Å². The van der Waals surface area contributed by atoms with Gasteiger partial charge in [0.05, 0.1) is 12.2 Å². The smallest absolute Gasteiger partial charge is 0.133 e. The average Bonchev–Trinajstić information content (AvgIpc) is 3.04. The molecule has 0 unspecified atom stereocenters. The molecule has 0 radical (unpaired) electrons. The third kappa shape index (κ3) is 3.75. The molecular formula is C20H24N6. The van der Waals surface area contributed by atoms with Crippen molar-refractivity contribution in [3.8, 4) is 0 Å². The highest BCUT2D eigenvalue weighted by Gasteiger charge is 2.15. The standard InChI is InChI=1S/C20H24N6/c1-15-24-19-8-11-21-10-7-18(19)20(25-15)22-13-16-5-2-3-6-17(16)14-26-12-4-9-23-26/h2-6,9,12,21H,7-8,10-11,13-14H2,1H3,(H,22,24,25). The Bertz CT molecular complexity index is 872. The van der Waals surface area contributed by atoms with Crippen LogP contribution in [0.1, 0.15) is 28.2 Å². The fourth-order valence-electron chi connectivity index (χ4n) is 3.45. The molecule has 6 heteroatoms. The zero-order chi connectivity index (χ0) is 17.8. The van der Waals surface area contributed by atoms with Crippen LogP contribution in [0.4, 0.5) is 5.82 Å². The van der Waals surface area contributed by atoms with Crippen molar-refractivity contribution in [3.05, 3.63) is 70.9 Å². The maximum absolute atomic E-state index is 4.68. The molecule has 26 heavy (non-hydrogen) atoms. The molecular weight excluding hydrogens is 324 g/mol. The summed E-state index contributed by atoms with van der Waals surface area (Å²) >= 11 is 0. The lowest BCUT2D eigenvalue weighted by atomic mass is 10.1. The molecule has 6 nitrogen and oxygen atoms in total. The van der Waals surface area contributed by atoms with Gasteiger partial charge in [-0.05, 0) is 37.1 Å². The second-order valence-electron chi connectivity index (χ2n) is 6.62. The summed E-state index contributed by atoms with van der Waals surface area (Å²) in [5.41, 5.74) is 4.96. The highest BCUT2D eigenvalue weighted by atomic mass is 15.3. The van der Waals surface area contributed by atoms with Crippen molar-refractivity contribution in [3.63, 3.8) is 0 Å². The van der Waals surface area contributed by atoms with Crippen LogP contribution in [0.25, 0.3) is 0 Å². The Balaban J connectivity index is 1.56. The summed E-state index contributed by atoms with van der Waals surface area (Å²) < 4.78 is 1.95. The molecule has 0 amide bonds. The molecule has 4 rings (SSSR count). The van der Waals surface area contributed by atoms with Gasteiger partial charge in [0.1, 0.15) is 11.6 Å². The Kier molecular flexibility index (Phi) is 4.93. The fourth-order valence-corrected chi connectivity index (χ4v) is 3.45. The number of fused-ring (bicyclic) bond motifs is 1. The number of hydrogen-bond donors (Lipinski definition) is 2. The van der Waals surface area contributed by atoms with E-state index in [9.17, 15) is 0 Å². The van der Waals surface area contributed by atoms with E-state index in [0.29, 0.717) is 0 Å². The summed E-state index contributed by atoms with van der Waals surface area (Å²) in [6.07, 6.45) is 5.73. The SMILES string of the molecule is Cc1nc2c(c(NCc3ccccc3Cn3cccn3)n1)CCNCC2. The summed E-state index contributed by atoms with van der Waals surface area (Å²) in [7, 11) is 0. The lowest BCUT2D eigenvalue weighted by Gasteiger charge is -2.15. The third-order valence-electron chi connectivity index (χ3n) is 4.75. The summed E-state index contributed by atoms with van der Waals surface area (Å²) in [5, 5.41) is 11.3. The first-order valence-electron chi connectivity index (χ1n) is 9.15. The van der Waals surface area contributed by atoms with E-state index in [1.807, 2.05) is 30.1 Å². The maximum Gasteiger partial charge on any atom is 0.133 e. The van der Waals surface area contributed by atoms with Crippen molar-refractivity contribution < 1.29 is 0 Å². The minimum Gasteiger partial charge on any atom is -0.366 e. The number of aryl methyl sites for hydroxylation is 1. The van der Waals surface area contributed by atoms with E-state index in [0.717, 1.165) is 50.7 Å². The molecule has 0 saturated heterocycles. The first kappa shape index (κ1) is 16.7. The molecule has 0 fully saturated rings. The lowest BCUT2D eigenvalue weighted by molar-refractivity contribution is 0.682. The highest BCUT2D eigenvalue weighted by molar-refractivity contribution is 5.48. The Morgan fingerprint density at radius 3 is 2.77 bits per heavy atom. The van der Waals surface area contributed by atoms with E-state index in [1.54, 1.807) is 0 Å². The zero-order valence-corrected chi connectivity index (χ0v) is 15.1. The Labute approximate surface area is 153 Å². The van der Waals surface area contributed by atoms with E-state index in [1.165, 1.54) is 22.4 Å². The van der Waals surface area contributed by atoms with Crippen molar-refractivity contribution in [1.82, 2.24) is 25.1 Å². The molecule has 0 saturated carbocycles. The van der Waals surface area contributed by atoms with Crippen molar-refractivity contribution >= 4 is 5.82 Å². The van der Waals surface area contributed by atoms with Gasteiger partial charge in [0.25, 0.3) is 0 Å². The van der Waals surface area contributed by atoms with Crippen LogP contribution in [0.5, 0.6) is 0 Å². The van der Waals surface area contributed by atoms with Gasteiger partial charge in [0.2, 0.25) is 0 Å². The van der Waals surface area contributed by atoms with Gasteiger partial charge in [0, 0.05) is 37.5 Å². The van der Waals surface area contributed by atoms with Gasteiger partial charge in [-0.2, -0.15) is 5.10 Å². The van der Waals surface area contributed by atoms with Crippen molar-refractivity contribution in [2.45, 2.75) is 32.9 Å². The van der Waals surface area contributed by atoms with Gasteiger partial charge >= 0.3 is 0 Å². The molecule has 134 valence electrons. The van der Waals surface area contributed by atoms with Gasteiger partial charge < -0.3 is 10.6 Å². The van der Waals surface area contributed by atoms with Gasteiger partial charge in [-0.1, -0.05) is 24.3 Å². The topological polar surface area (TPSA) is 67.7 Å². The molecule has 0 spiro atoms. The lowest BCUT2D eigenvalue weighted by Crippen LogP contribution is -2.16. The van der Waals surface area contributed by atoms with Gasteiger partial charge in [-0.15, -0.1) is 0 Å². The zero-order valence-electron chi connectivity index (χ0n) is 15.1. The van der Waals surface area contributed by atoms with Crippen LogP contribution in [-0.4, -0.2) is 32.8 Å². The number of anilines is 1. The van der Waals surface area contributed by atoms with Gasteiger partial charge in [-0.25, -0.2) is 9.97 Å². The summed E-state index contributed by atoms with van der Waals surface area (Å²) in [5.74, 6) is 1.81. The summed E-state index contributed by atoms with van der Waals surface area (Å²) in [4.78, 5) is 9.34. The van der Waals surface area contributed by atoms with Crippen LogP contribution >= 0.6 is 0 Å². The molecule has 1 aromatic carbocycles. The van der Waals surface area contributed by atoms with Gasteiger partial charge in [-0.3, -0.25) is 4.68 Å². The van der Waals surface area contributed by atoms with Crippen LogP contribution in [0.15, 0.2) is 42.7 Å². The second kappa shape index (κ2) is 7.66. The Morgan fingerprint density at radius 1 is 1.08 bits per heavy atom. The van der Waals surface area contributed by atoms with E-state index in [2.05, 4.69) is 50.0 Å². The van der Waals surface area contributed by atoms with Crippen LogP contribution in [0.2, 0.25) is 0 Å². The Hall–Kier alpha value is -2.73. The number of benzene rings is 1. The highest BCUT2D eigenvalue weighted by Crippen LogP contribution is 2.21. The predicted molar refractivity (Wildman–Crippen MR) is 102 cm³/mol. The molecule has 2 aromatic heterocycles. The van der Waals surface area contributed by atoms with E-state index >= 15 is 0 Å². The summed E-state index contributed by atoms with van der Waals surface area (Å²) in [6, 6.07) is 10.4. The Morgan fingerprint density at radius 2 is 1.92 bits per heavy atom. The molecule has 0 aliphatic carbocycles. The first-order chi connectivity index (χ1) is 12.8. The van der Waals surface area contributed by atoms with Crippen LogP contribution in [0.3, 0.4) is 0 Å². The molecule has 1 aliphatic heterocycles. The molecule has 0 atom stereocenters. The number of hydrogen-bond acceptors (Lipinski definition) is 5. The maximum atomic E-state index is 4.68. The minimum atomic E-state index is 0.744. The van der Waals surface area contributed by atoms with Crippen LogP contribution in [-0.2, 0) is 25.9 Å². The fraction of sp³-hybridized carbons (Fsp3) is 0.350. The molecule has 3 heterocycles. The third-order valence-corrected chi connectivity index (χ3v) is 4.75. The van der Waals surface area contributed by atoms with Crippen molar-refractivity contribution in [2.75, 3.05) is 18.4 Å². The molecule has 2 N–H and O–H groups in total. The van der Waals surface area contributed by atoms with E-state index in [-0.39, 0.29) is 0 Å². The molecule has 3 aromatic rings. The largest absolute Gasteiger partial charge is 0.366 e. The van der Waals surface area contributed by atoms with Gasteiger partial charge in [0.15, 0.2) is 0 Å². The second-order valence-corrected chi connectivity index (χ2v) is 6.62. The number of nitrogens with one attached hydrogen (secondary N) is 2. The van der Waals surface area contributed by atoms with Crippen molar-refractivity contribution in [2.24, 2.45) is 0 Å². The normalized spacial score (nSPS) is 13.9. The quantitative estimate of drug-likeness (QED) is 0.741. The predicted octanol–water partition coefficient (Wildman–Crippen LogP) is 2.33. The number of aromatic nitrogens is 4. The first-order valence-corrected chi connectivity index (χ1v) is 9.15. The molecule has 0 bridgehead atoms. The van der Waals surface area contributed by atoms with E-state index < -0.39 is 0 Å². The minimum absolute atomic E-state index is 0.744. The number of rotatable bonds is 5. The summed E-state index contributed by atoms with van der Waals surface area (Å²) in [6.45, 7) is 5.44. The van der Waals surface area contributed by atoms with E-state index in [4.69, 9.17) is 0 Å². The van der Waals surface area contributed by atoms with Crippen LogP contribution < -0.4 is 10.6 Å². The average molecular weight is 348 g/mol. The van der Waals surface area contributed by atoms with Crippen LogP contribution in [0, 0.1) is 6.92 Å². The number of nitrogens with zero attached hydrogens (tertiary/aromatic N) is 4. The molecule has 1 aliphatic rings. The monoisotopic (exact) mass is 348 g/mol.